The van der Waals surface area contributed by atoms with Crippen LogP contribution in [0, 0.1) is 17.8 Å². The van der Waals surface area contributed by atoms with Gasteiger partial charge in [-0.05, 0) is 41.7 Å². The third-order valence-electron chi connectivity index (χ3n) is 4.88. The maximum atomic E-state index is 2.39. The average molecular weight is 294 g/mol. The molecule has 0 aliphatic heterocycles. The SMILES string of the molecule is CC1CCC(C(C)C)CC1.c1ccc(-c2ccccc2)cc1. The predicted octanol–water partition coefficient (Wildman–Crippen LogP) is 6.82. The Morgan fingerprint density at radius 3 is 1.45 bits per heavy atom. The summed E-state index contributed by atoms with van der Waals surface area (Å²) in [5.41, 5.74) is 2.55. The van der Waals surface area contributed by atoms with Gasteiger partial charge < -0.3 is 0 Å². The summed E-state index contributed by atoms with van der Waals surface area (Å²) in [7, 11) is 0. The molecule has 0 atom stereocenters. The molecule has 0 amide bonds. The van der Waals surface area contributed by atoms with Gasteiger partial charge in [-0.2, -0.15) is 0 Å². The standard InChI is InChI=1S/C12H10.C10H20/c1-3-7-11(8-4-1)12-9-5-2-6-10-12;1-8(2)10-6-4-9(3)5-7-10/h1-10H;8-10H,4-7H2,1-3H3. The second kappa shape index (κ2) is 8.78. The summed E-state index contributed by atoms with van der Waals surface area (Å²) in [4.78, 5) is 0. The van der Waals surface area contributed by atoms with Crippen molar-refractivity contribution in [2.24, 2.45) is 17.8 Å². The second-order valence-corrected chi connectivity index (χ2v) is 7.00. The molecule has 0 heterocycles. The summed E-state index contributed by atoms with van der Waals surface area (Å²) >= 11 is 0. The third-order valence-corrected chi connectivity index (χ3v) is 4.88. The van der Waals surface area contributed by atoms with Gasteiger partial charge in [0.05, 0.1) is 0 Å². The maximum Gasteiger partial charge on any atom is -0.0184 e. The van der Waals surface area contributed by atoms with E-state index in [4.69, 9.17) is 0 Å². The van der Waals surface area contributed by atoms with E-state index in [0.29, 0.717) is 0 Å². The first-order valence-corrected chi connectivity index (χ1v) is 8.77. The summed E-state index contributed by atoms with van der Waals surface area (Å²) < 4.78 is 0. The van der Waals surface area contributed by atoms with Crippen molar-refractivity contribution in [1.82, 2.24) is 0 Å². The van der Waals surface area contributed by atoms with Gasteiger partial charge in [0.1, 0.15) is 0 Å². The van der Waals surface area contributed by atoms with Crippen LogP contribution in [-0.4, -0.2) is 0 Å². The predicted molar refractivity (Wildman–Crippen MR) is 97.8 cm³/mol. The number of hydrogen-bond acceptors (Lipinski definition) is 0. The fraction of sp³-hybridized carbons (Fsp3) is 0.455. The lowest BCUT2D eigenvalue weighted by Crippen LogP contribution is -2.16. The van der Waals surface area contributed by atoms with Crippen molar-refractivity contribution in [2.45, 2.75) is 46.5 Å². The van der Waals surface area contributed by atoms with Gasteiger partial charge in [-0.3, -0.25) is 0 Å². The zero-order valence-corrected chi connectivity index (χ0v) is 14.3. The molecule has 0 saturated heterocycles. The highest BCUT2D eigenvalue weighted by Gasteiger charge is 2.20. The fourth-order valence-corrected chi connectivity index (χ4v) is 3.21. The molecule has 0 aromatic heterocycles. The molecule has 22 heavy (non-hydrogen) atoms. The summed E-state index contributed by atoms with van der Waals surface area (Å²) in [6, 6.07) is 20.8. The Labute approximate surface area is 136 Å². The molecule has 1 saturated carbocycles. The highest BCUT2D eigenvalue weighted by Crippen LogP contribution is 2.32. The Kier molecular flexibility index (Phi) is 6.71. The van der Waals surface area contributed by atoms with Crippen LogP contribution < -0.4 is 0 Å². The molecule has 118 valence electrons. The highest BCUT2D eigenvalue weighted by molar-refractivity contribution is 5.62. The molecule has 0 radical (unpaired) electrons. The van der Waals surface area contributed by atoms with Crippen molar-refractivity contribution in [2.75, 3.05) is 0 Å². The summed E-state index contributed by atoms with van der Waals surface area (Å²) in [6.07, 6.45) is 5.92. The number of rotatable bonds is 2. The van der Waals surface area contributed by atoms with Crippen molar-refractivity contribution >= 4 is 0 Å². The van der Waals surface area contributed by atoms with E-state index in [2.05, 4.69) is 69.3 Å². The molecule has 3 rings (SSSR count). The fourth-order valence-electron chi connectivity index (χ4n) is 3.21. The Morgan fingerprint density at radius 2 is 1.09 bits per heavy atom. The lowest BCUT2D eigenvalue weighted by Gasteiger charge is -2.28. The molecule has 0 heteroatoms. The first kappa shape index (κ1) is 16.8. The quantitative estimate of drug-likeness (QED) is 0.570. The normalized spacial score (nSPS) is 21.1. The Morgan fingerprint density at radius 1 is 0.682 bits per heavy atom. The number of hydrogen-bond donors (Lipinski definition) is 0. The van der Waals surface area contributed by atoms with Crippen LogP contribution in [0.15, 0.2) is 60.7 Å². The summed E-state index contributed by atoms with van der Waals surface area (Å²) in [6.45, 7) is 7.11. The molecule has 1 aliphatic carbocycles. The lowest BCUT2D eigenvalue weighted by atomic mass is 9.78. The van der Waals surface area contributed by atoms with Gasteiger partial charge in [0.25, 0.3) is 0 Å². The Bertz CT molecular complexity index is 467. The molecule has 0 bridgehead atoms. The maximum absolute atomic E-state index is 2.39. The molecule has 2 aromatic rings. The molecule has 0 nitrogen and oxygen atoms in total. The minimum absolute atomic E-state index is 0.924. The molecular weight excluding hydrogens is 264 g/mol. The van der Waals surface area contributed by atoms with Crippen LogP contribution in [0.25, 0.3) is 11.1 Å². The van der Waals surface area contributed by atoms with Gasteiger partial charge in [-0.15, -0.1) is 0 Å². The molecule has 1 fully saturated rings. The zero-order valence-electron chi connectivity index (χ0n) is 14.3. The van der Waals surface area contributed by atoms with Crippen molar-refractivity contribution in [3.63, 3.8) is 0 Å². The van der Waals surface area contributed by atoms with Crippen molar-refractivity contribution < 1.29 is 0 Å². The van der Waals surface area contributed by atoms with Crippen LogP contribution in [0.3, 0.4) is 0 Å². The van der Waals surface area contributed by atoms with E-state index in [-0.39, 0.29) is 0 Å². The summed E-state index contributed by atoms with van der Waals surface area (Å²) in [5.74, 6) is 2.97. The van der Waals surface area contributed by atoms with Gasteiger partial charge in [-0.25, -0.2) is 0 Å². The van der Waals surface area contributed by atoms with Crippen molar-refractivity contribution in [3.8, 4) is 11.1 Å². The molecule has 0 N–H and O–H groups in total. The molecule has 0 spiro atoms. The van der Waals surface area contributed by atoms with Crippen molar-refractivity contribution in [1.29, 1.82) is 0 Å². The van der Waals surface area contributed by atoms with Gasteiger partial charge in [0.15, 0.2) is 0 Å². The van der Waals surface area contributed by atoms with Crippen LogP contribution in [0.1, 0.15) is 46.5 Å². The van der Waals surface area contributed by atoms with E-state index in [1.54, 1.807) is 0 Å². The third kappa shape index (κ3) is 5.33. The Balaban J connectivity index is 0.000000164. The monoisotopic (exact) mass is 294 g/mol. The first-order valence-electron chi connectivity index (χ1n) is 8.77. The topological polar surface area (TPSA) is 0 Å². The van der Waals surface area contributed by atoms with E-state index in [1.807, 2.05) is 12.1 Å². The van der Waals surface area contributed by atoms with Crippen molar-refractivity contribution in [3.05, 3.63) is 60.7 Å². The van der Waals surface area contributed by atoms with Crippen LogP contribution in [0.5, 0.6) is 0 Å². The summed E-state index contributed by atoms with van der Waals surface area (Å²) in [5, 5.41) is 0. The van der Waals surface area contributed by atoms with E-state index < -0.39 is 0 Å². The lowest BCUT2D eigenvalue weighted by molar-refractivity contribution is 0.234. The molecular formula is C22H30. The van der Waals surface area contributed by atoms with Gasteiger partial charge in [0, 0.05) is 0 Å². The van der Waals surface area contributed by atoms with Crippen LogP contribution in [-0.2, 0) is 0 Å². The largest absolute Gasteiger partial charge is 0.0625 e. The minimum Gasteiger partial charge on any atom is -0.0625 e. The molecule has 0 unspecified atom stereocenters. The Hall–Kier alpha value is -1.56. The van der Waals surface area contributed by atoms with Crippen LogP contribution in [0.4, 0.5) is 0 Å². The minimum atomic E-state index is 0.924. The highest BCUT2D eigenvalue weighted by atomic mass is 14.3. The number of benzene rings is 2. The van der Waals surface area contributed by atoms with E-state index >= 15 is 0 Å². The van der Waals surface area contributed by atoms with Gasteiger partial charge in [-0.1, -0.05) is 94.3 Å². The molecule has 1 aliphatic rings. The van der Waals surface area contributed by atoms with E-state index in [0.717, 1.165) is 17.8 Å². The second-order valence-electron chi connectivity index (χ2n) is 7.00. The van der Waals surface area contributed by atoms with E-state index in [1.165, 1.54) is 36.8 Å². The average Bonchev–Trinajstić information content (AvgIpc) is 2.57. The molecule has 2 aromatic carbocycles. The van der Waals surface area contributed by atoms with Crippen LogP contribution >= 0.6 is 0 Å². The zero-order chi connectivity index (χ0) is 15.8. The smallest absolute Gasteiger partial charge is 0.0184 e. The van der Waals surface area contributed by atoms with Gasteiger partial charge >= 0.3 is 0 Å². The van der Waals surface area contributed by atoms with E-state index in [9.17, 15) is 0 Å². The van der Waals surface area contributed by atoms with Crippen LogP contribution in [0.2, 0.25) is 0 Å². The first-order chi connectivity index (χ1) is 10.7. The van der Waals surface area contributed by atoms with Gasteiger partial charge in [0.2, 0.25) is 0 Å².